The minimum Gasteiger partial charge on any atom is -0.396 e. The van der Waals surface area contributed by atoms with E-state index in [0.717, 1.165) is 6.04 Å². The van der Waals surface area contributed by atoms with Gasteiger partial charge in [-0.3, -0.25) is 4.90 Å². The van der Waals surface area contributed by atoms with Gasteiger partial charge in [0.05, 0.1) is 0 Å². The number of rotatable bonds is 3. The Morgan fingerprint density at radius 2 is 1.89 bits per heavy atom. The van der Waals surface area contributed by atoms with Crippen LogP contribution in [0.4, 0.5) is 0 Å². The topological polar surface area (TPSA) is 23.5 Å². The lowest BCUT2D eigenvalue weighted by atomic mass is 9.88. The smallest absolute Gasteiger partial charge is 0.0474 e. The van der Waals surface area contributed by atoms with E-state index in [-0.39, 0.29) is 0 Å². The van der Waals surface area contributed by atoms with Crippen LogP contribution in [0.25, 0.3) is 0 Å². The lowest BCUT2D eigenvalue weighted by Gasteiger charge is -2.43. The summed E-state index contributed by atoms with van der Waals surface area (Å²) >= 11 is 0. The fraction of sp³-hybridized carbons (Fsp3) is 0.625. The lowest BCUT2D eigenvalue weighted by Crippen LogP contribution is -2.46. The van der Waals surface area contributed by atoms with Crippen molar-refractivity contribution >= 4 is 0 Å². The summed E-state index contributed by atoms with van der Waals surface area (Å²) in [6.45, 7) is 2.68. The molecule has 2 nitrogen and oxygen atoms in total. The van der Waals surface area contributed by atoms with Crippen LogP contribution in [-0.2, 0) is 0 Å². The van der Waals surface area contributed by atoms with Gasteiger partial charge in [-0.25, -0.2) is 0 Å². The lowest BCUT2D eigenvalue weighted by molar-refractivity contribution is 0.0293. The molecule has 0 radical (unpaired) electrons. The van der Waals surface area contributed by atoms with E-state index in [2.05, 4.69) is 42.2 Å². The van der Waals surface area contributed by atoms with Crippen LogP contribution in [0.2, 0.25) is 0 Å². The van der Waals surface area contributed by atoms with Crippen molar-refractivity contribution in [1.82, 2.24) is 4.90 Å². The number of aliphatic hydroxyl groups is 1. The first-order valence-electron chi connectivity index (χ1n) is 7.24. The van der Waals surface area contributed by atoms with Crippen molar-refractivity contribution in [3.05, 3.63) is 35.9 Å². The molecule has 1 aromatic carbocycles. The van der Waals surface area contributed by atoms with E-state index >= 15 is 0 Å². The average molecular weight is 245 g/mol. The summed E-state index contributed by atoms with van der Waals surface area (Å²) in [6, 6.07) is 12.6. The average Bonchev–Trinajstić information content (AvgIpc) is 2.73. The molecule has 2 fully saturated rings. The molecule has 2 heterocycles. The van der Waals surface area contributed by atoms with Crippen LogP contribution in [0.5, 0.6) is 0 Å². The summed E-state index contributed by atoms with van der Waals surface area (Å²) in [5, 5.41) is 9.55. The van der Waals surface area contributed by atoms with Crippen molar-refractivity contribution in [3.63, 3.8) is 0 Å². The summed E-state index contributed by atoms with van der Waals surface area (Å²) in [5.41, 5.74) is 1.41. The van der Waals surface area contributed by atoms with Crippen LogP contribution in [0.15, 0.2) is 30.3 Å². The van der Waals surface area contributed by atoms with Crippen LogP contribution in [0.3, 0.4) is 0 Å². The Morgan fingerprint density at radius 1 is 1.17 bits per heavy atom. The molecule has 2 saturated heterocycles. The van der Waals surface area contributed by atoms with Gasteiger partial charge >= 0.3 is 0 Å². The molecule has 4 atom stereocenters. The highest BCUT2D eigenvalue weighted by Crippen LogP contribution is 2.43. The van der Waals surface area contributed by atoms with Gasteiger partial charge in [0.2, 0.25) is 0 Å². The zero-order valence-corrected chi connectivity index (χ0v) is 11.1. The van der Waals surface area contributed by atoms with Gasteiger partial charge in [-0.15, -0.1) is 0 Å². The molecule has 0 saturated carbocycles. The standard InChI is InChI=1S/C16H23NO/c1-12(13-5-3-2-4-6-13)17-15-8-7-14(11-18)16(17)10-9-15/h2-6,12,14-16,18H,7-11H2,1H3/t12-,14?,15?,16?/m1/s1. The van der Waals surface area contributed by atoms with E-state index in [4.69, 9.17) is 0 Å². The molecule has 18 heavy (non-hydrogen) atoms. The summed E-state index contributed by atoms with van der Waals surface area (Å²) < 4.78 is 0. The van der Waals surface area contributed by atoms with Crippen LogP contribution in [0, 0.1) is 5.92 Å². The summed E-state index contributed by atoms with van der Waals surface area (Å²) in [4.78, 5) is 2.68. The number of aliphatic hydroxyl groups excluding tert-OH is 1. The SMILES string of the molecule is C[C@H](c1ccccc1)N1C2CCC(CO)C1CC2. The van der Waals surface area contributed by atoms with Gasteiger partial charge in [0.25, 0.3) is 0 Å². The first-order valence-corrected chi connectivity index (χ1v) is 7.24. The molecule has 2 aliphatic rings. The Bertz CT molecular complexity index is 391. The van der Waals surface area contributed by atoms with Crippen LogP contribution in [-0.4, -0.2) is 28.7 Å². The zero-order valence-electron chi connectivity index (χ0n) is 11.1. The molecule has 0 amide bonds. The molecule has 98 valence electrons. The molecule has 2 heteroatoms. The number of hydrogen-bond acceptors (Lipinski definition) is 2. The minimum absolute atomic E-state index is 0.357. The second kappa shape index (κ2) is 5.02. The van der Waals surface area contributed by atoms with Gasteiger partial charge < -0.3 is 5.11 Å². The fourth-order valence-electron chi connectivity index (χ4n) is 4.02. The highest BCUT2D eigenvalue weighted by atomic mass is 16.3. The molecule has 3 unspecified atom stereocenters. The number of hydrogen-bond donors (Lipinski definition) is 1. The van der Waals surface area contributed by atoms with Crippen molar-refractivity contribution in [2.24, 2.45) is 5.92 Å². The summed E-state index contributed by atoms with van der Waals surface area (Å²) in [5.74, 6) is 0.495. The van der Waals surface area contributed by atoms with Gasteiger partial charge in [0.1, 0.15) is 0 Å². The van der Waals surface area contributed by atoms with Crippen molar-refractivity contribution in [2.45, 2.75) is 50.7 Å². The third-order valence-electron chi connectivity index (χ3n) is 4.98. The highest BCUT2D eigenvalue weighted by molar-refractivity contribution is 5.19. The molecule has 2 aliphatic heterocycles. The molecule has 1 N–H and O–H groups in total. The molecule has 3 rings (SSSR count). The molecular weight excluding hydrogens is 222 g/mol. The quantitative estimate of drug-likeness (QED) is 0.885. The molecular formula is C16H23NO. The molecule has 1 aromatic rings. The maximum absolute atomic E-state index is 9.55. The first-order chi connectivity index (χ1) is 8.81. The summed E-state index contributed by atoms with van der Waals surface area (Å²) in [6.07, 6.45) is 5.06. The maximum atomic E-state index is 9.55. The van der Waals surface area contributed by atoms with E-state index < -0.39 is 0 Å². The number of nitrogens with zero attached hydrogens (tertiary/aromatic N) is 1. The van der Waals surface area contributed by atoms with E-state index in [1.165, 1.54) is 31.2 Å². The highest BCUT2D eigenvalue weighted by Gasteiger charge is 2.44. The second-order valence-electron chi connectivity index (χ2n) is 5.85. The first kappa shape index (κ1) is 12.2. The number of piperidine rings is 1. The third kappa shape index (κ3) is 1.98. The van der Waals surface area contributed by atoms with Gasteiger partial charge in [-0.05, 0) is 44.1 Å². The maximum Gasteiger partial charge on any atom is 0.0474 e. The minimum atomic E-state index is 0.357. The number of benzene rings is 1. The van der Waals surface area contributed by atoms with Crippen molar-refractivity contribution in [2.75, 3.05) is 6.61 Å². The molecule has 0 spiro atoms. The number of fused-ring (bicyclic) bond motifs is 2. The summed E-state index contributed by atoms with van der Waals surface area (Å²) in [7, 11) is 0. The van der Waals surface area contributed by atoms with E-state index in [0.29, 0.717) is 24.6 Å². The van der Waals surface area contributed by atoms with Gasteiger partial charge in [-0.2, -0.15) is 0 Å². The van der Waals surface area contributed by atoms with Crippen molar-refractivity contribution < 1.29 is 5.11 Å². The predicted molar refractivity (Wildman–Crippen MR) is 73.3 cm³/mol. The van der Waals surface area contributed by atoms with Gasteiger partial charge in [-0.1, -0.05) is 30.3 Å². The van der Waals surface area contributed by atoms with Crippen LogP contribution >= 0.6 is 0 Å². The fourth-order valence-corrected chi connectivity index (χ4v) is 4.02. The largest absolute Gasteiger partial charge is 0.396 e. The van der Waals surface area contributed by atoms with Gasteiger partial charge in [0, 0.05) is 24.7 Å². The van der Waals surface area contributed by atoms with E-state index in [9.17, 15) is 5.11 Å². The van der Waals surface area contributed by atoms with Crippen LogP contribution in [0.1, 0.15) is 44.2 Å². The van der Waals surface area contributed by atoms with E-state index in [1.807, 2.05) is 0 Å². The molecule has 0 aromatic heterocycles. The Kier molecular flexibility index (Phi) is 3.40. The third-order valence-corrected chi connectivity index (χ3v) is 4.98. The normalized spacial score (nSPS) is 33.6. The Morgan fingerprint density at radius 3 is 2.61 bits per heavy atom. The second-order valence-corrected chi connectivity index (χ2v) is 5.85. The Hall–Kier alpha value is -0.860. The zero-order chi connectivity index (χ0) is 12.5. The monoisotopic (exact) mass is 245 g/mol. The van der Waals surface area contributed by atoms with Crippen LogP contribution < -0.4 is 0 Å². The Labute approximate surface area is 110 Å². The Balaban J connectivity index is 1.83. The van der Waals surface area contributed by atoms with Gasteiger partial charge in [0.15, 0.2) is 0 Å². The van der Waals surface area contributed by atoms with Crippen molar-refractivity contribution in [1.29, 1.82) is 0 Å². The molecule has 2 bridgehead atoms. The molecule has 0 aliphatic carbocycles. The predicted octanol–water partition coefficient (Wildman–Crippen LogP) is 2.98. The van der Waals surface area contributed by atoms with Crippen molar-refractivity contribution in [3.8, 4) is 0 Å². The van der Waals surface area contributed by atoms with E-state index in [1.54, 1.807) is 0 Å².